The van der Waals surface area contributed by atoms with Crippen LogP contribution in [-0.2, 0) is 9.84 Å². The number of rotatable bonds is 2. The summed E-state index contributed by atoms with van der Waals surface area (Å²) in [6.45, 7) is 0.763. The van der Waals surface area contributed by atoms with Crippen LogP contribution in [0.2, 0.25) is 0 Å². The fourth-order valence-electron chi connectivity index (χ4n) is 2.50. The minimum atomic E-state index is -3.20. The molecule has 2 aromatic rings. The highest BCUT2D eigenvalue weighted by Gasteiger charge is 2.33. The van der Waals surface area contributed by atoms with Crippen LogP contribution >= 0.6 is 22.7 Å². The zero-order valence-electron chi connectivity index (χ0n) is 11.3. The molecule has 7 heteroatoms. The Morgan fingerprint density at radius 1 is 1.14 bits per heavy atom. The minimum Gasteiger partial charge on any atom is -0.337 e. The third-order valence-corrected chi connectivity index (χ3v) is 7.72. The zero-order valence-corrected chi connectivity index (χ0v) is 13.7. The molecule has 0 unspecified atom stereocenters. The molecule has 3 heterocycles. The summed E-state index contributed by atoms with van der Waals surface area (Å²) < 4.78 is 24.9. The minimum absolute atomic E-state index is 0.0344. The van der Waals surface area contributed by atoms with Crippen LogP contribution in [0.4, 0.5) is 0 Å². The van der Waals surface area contributed by atoms with Crippen molar-refractivity contribution in [2.75, 3.05) is 18.8 Å². The molecule has 1 amide bonds. The lowest BCUT2D eigenvalue weighted by Crippen LogP contribution is -2.33. The van der Waals surface area contributed by atoms with Crippen LogP contribution in [0.25, 0.3) is 0 Å². The number of carbonyl (C=O) groups is 1. The van der Waals surface area contributed by atoms with Gasteiger partial charge in [-0.05, 0) is 29.3 Å². The van der Waals surface area contributed by atoms with Gasteiger partial charge < -0.3 is 4.90 Å². The molecule has 1 fully saturated rings. The van der Waals surface area contributed by atoms with Gasteiger partial charge >= 0.3 is 0 Å². The van der Waals surface area contributed by atoms with Crippen LogP contribution in [0.1, 0.15) is 26.2 Å². The maximum absolute atomic E-state index is 12.4. The Kier molecular flexibility index (Phi) is 4.14. The summed E-state index contributed by atoms with van der Waals surface area (Å²) in [7, 11) is -3.20. The average molecular weight is 341 g/mol. The van der Waals surface area contributed by atoms with Crippen molar-refractivity contribution >= 4 is 38.4 Å². The highest BCUT2D eigenvalue weighted by atomic mass is 32.2. The number of nitrogens with zero attached hydrogens (tertiary/aromatic N) is 1. The summed E-state index contributed by atoms with van der Waals surface area (Å²) in [5.41, 5.74) is 0. The molecular formula is C14H15NO3S3. The van der Waals surface area contributed by atoms with E-state index in [0.29, 0.717) is 17.8 Å². The second-order valence-electron chi connectivity index (χ2n) is 4.93. The Morgan fingerprint density at radius 2 is 1.90 bits per heavy atom. The quantitative estimate of drug-likeness (QED) is 0.844. The smallest absolute Gasteiger partial charge is 0.263 e. The normalized spacial score (nSPS) is 21.9. The van der Waals surface area contributed by atoms with Crippen molar-refractivity contribution in [2.45, 2.75) is 11.7 Å². The van der Waals surface area contributed by atoms with Gasteiger partial charge in [0.15, 0.2) is 9.84 Å². The van der Waals surface area contributed by atoms with Crippen molar-refractivity contribution in [3.05, 3.63) is 44.8 Å². The summed E-state index contributed by atoms with van der Waals surface area (Å²) in [5, 5.41) is 3.28. The van der Waals surface area contributed by atoms with E-state index in [1.54, 1.807) is 11.0 Å². The topological polar surface area (TPSA) is 54.5 Å². The maximum atomic E-state index is 12.4. The van der Waals surface area contributed by atoms with Crippen molar-refractivity contribution in [3.63, 3.8) is 0 Å². The fraction of sp³-hybridized carbons (Fsp3) is 0.357. The number of hydrogen-bond donors (Lipinski definition) is 0. The predicted molar refractivity (Wildman–Crippen MR) is 85.7 cm³/mol. The molecule has 2 aromatic heterocycles. The van der Waals surface area contributed by atoms with Crippen molar-refractivity contribution in [2.24, 2.45) is 0 Å². The first-order valence-corrected chi connectivity index (χ1v) is 10.1. The molecule has 1 atom stereocenters. The highest BCUT2D eigenvalue weighted by molar-refractivity contribution is 7.91. The molecule has 0 radical (unpaired) electrons. The van der Waals surface area contributed by atoms with Gasteiger partial charge in [-0.15, -0.1) is 22.7 Å². The summed E-state index contributed by atoms with van der Waals surface area (Å²) in [5.74, 6) is -0.0285. The molecule has 3 rings (SSSR count). The number of amides is 1. The van der Waals surface area contributed by atoms with Crippen molar-refractivity contribution in [1.82, 2.24) is 4.90 Å². The molecule has 0 aliphatic carbocycles. The molecule has 0 aromatic carbocycles. The van der Waals surface area contributed by atoms with Crippen LogP contribution < -0.4 is 0 Å². The number of sulfone groups is 1. The molecule has 1 aliphatic rings. The summed E-state index contributed by atoms with van der Waals surface area (Å²) in [4.78, 5) is 15.6. The predicted octanol–water partition coefficient (Wildman–Crippen LogP) is 2.81. The molecule has 0 spiro atoms. The standard InChI is InChI=1S/C14H15NO3S3/c16-14(12-4-2-9-20-12)15-6-5-13(11-3-1-8-19-11)21(17,18)10-7-15/h1-4,8-9,13H,5-7,10H2/t13-/m0/s1. The first kappa shape index (κ1) is 14.7. The van der Waals surface area contributed by atoms with Gasteiger partial charge in [-0.25, -0.2) is 8.42 Å². The molecule has 1 aliphatic heterocycles. The first-order chi connectivity index (χ1) is 10.1. The number of thiophene rings is 2. The largest absolute Gasteiger partial charge is 0.337 e. The Bertz CT molecular complexity index is 705. The lowest BCUT2D eigenvalue weighted by molar-refractivity contribution is 0.0771. The molecule has 0 N–H and O–H groups in total. The van der Waals surface area contributed by atoms with Gasteiger partial charge in [-0.3, -0.25) is 4.79 Å². The van der Waals surface area contributed by atoms with Gasteiger partial charge in [0.2, 0.25) is 0 Å². The number of hydrogen-bond acceptors (Lipinski definition) is 5. The van der Waals surface area contributed by atoms with Crippen LogP contribution in [0.3, 0.4) is 0 Å². The van der Waals surface area contributed by atoms with E-state index in [9.17, 15) is 13.2 Å². The molecule has 0 saturated carbocycles. The SMILES string of the molecule is O=C(c1cccs1)N1CC[C@@H](c2cccs2)S(=O)(=O)CC1. The van der Waals surface area contributed by atoms with Crippen LogP contribution in [-0.4, -0.2) is 38.1 Å². The molecule has 0 bridgehead atoms. The van der Waals surface area contributed by atoms with E-state index in [-0.39, 0.29) is 18.2 Å². The van der Waals surface area contributed by atoms with Crippen LogP contribution in [0.5, 0.6) is 0 Å². The molecule has 112 valence electrons. The molecule has 4 nitrogen and oxygen atoms in total. The van der Waals surface area contributed by atoms with E-state index >= 15 is 0 Å². The summed E-state index contributed by atoms with van der Waals surface area (Å²) in [6.07, 6.45) is 0.472. The third-order valence-electron chi connectivity index (χ3n) is 3.62. The van der Waals surface area contributed by atoms with E-state index in [0.717, 1.165) is 4.88 Å². The lowest BCUT2D eigenvalue weighted by Gasteiger charge is -2.18. The average Bonchev–Trinajstić information content (AvgIpc) is 3.12. The van der Waals surface area contributed by atoms with Crippen molar-refractivity contribution in [1.29, 1.82) is 0 Å². The number of carbonyl (C=O) groups excluding carboxylic acids is 1. The van der Waals surface area contributed by atoms with E-state index in [1.165, 1.54) is 22.7 Å². The van der Waals surface area contributed by atoms with E-state index in [4.69, 9.17) is 0 Å². The van der Waals surface area contributed by atoms with Gasteiger partial charge in [0.1, 0.15) is 0 Å². The van der Waals surface area contributed by atoms with E-state index < -0.39 is 15.1 Å². The van der Waals surface area contributed by atoms with Crippen LogP contribution in [0.15, 0.2) is 35.0 Å². The van der Waals surface area contributed by atoms with Gasteiger partial charge in [0.25, 0.3) is 5.91 Å². The highest BCUT2D eigenvalue weighted by Crippen LogP contribution is 2.32. The Morgan fingerprint density at radius 3 is 2.57 bits per heavy atom. The van der Waals surface area contributed by atoms with Crippen LogP contribution in [0, 0.1) is 0 Å². The van der Waals surface area contributed by atoms with Gasteiger partial charge in [-0.2, -0.15) is 0 Å². The molecule has 1 saturated heterocycles. The second-order valence-corrected chi connectivity index (χ2v) is 9.16. The Hall–Kier alpha value is -1.18. The summed E-state index contributed by atoms with van der Waals surface area (Å²) >= 11 is 2.86. The third kappa shape index (κ3) is 3.04. The van der Waals surface area contributed by atoms with E-state index in [1.807, 2.05) is 29.0 Å². The fourth-order valence-corrected chi connectivity index (χ4v) is 6.19. The van der Waals surface area contributed by atoms with Crippen molar-refractivity contribution in [3.8, 4) is 0 Å². The lowest BCUT2D eigenvalue weighted by atomic mass is 10.2. The van der Waals surface area contributed by atoms with E-state index in [2.05, 4.69) is 0 Å². The van der Waals surface area contributed by atoms with Gasteiger partial charge in [0.05, 0.1) is 15.9 Å². The Balaban J connectivity index is 1.81. The van der Waals surface area contributed by atoms with Gasteiger partial charge in [0, 0.05) is 18.0 Å². The first-order valence-electron chi connectivity index (χ1n) is 6.66. The molecule has 21 heavy (non-hydrogen) atoms. The van der Waals surface area contributed by atoms with Gasteiger partial charge in [-0.1, -0.05) is 12.1 Å². The zero-order chi connectivity index (χ0) is 14.9. The maximum Gasteiger partial charge on any atom is 0.263 e. The van der Waals surface area contributed by atoms with Crippen molar-refractivity contribution < 1.29 is 13.2 Å². The molecular weight excluding hydrogens is 326 g/mol. The Labute approximate surface area is 131 Å². The summed E-state index contributed by atoms with van der Waals surface area (Å²) in [6, 6.07) is 7.35. The monoisotopic (exact) mass is 341 g/mol. The second kappa shape index (κ2) is 5.90.